The van der Waals surface area contributed by atoms with E-state index in [1.807, 2.05) is 31.9 Å². The average Bonchev–Trinajstić information content (AvgIpc) is 3.16. The van der Waals surface area contributed by atoms with Crippen molar-refractivity contribution in [2.75, 3.05) is 31.1 Å². The molecule has 0 aliphatic carbocycles. The van der Waals surface area contributed by atoms with Gasteiger partial charge >= 0.3 is 6.09 Å². The maximum atomic E-state index is 12.3. The lowest BCUT2D eigenvalue weighted by Gasteiger charge is -2.41. The van der Waals surface area contributed by atoms with Crippen molar-refractivity contribution in [3.8, 4) is 0 Å². The van der Waals surface area contributed by atoms with Gasteiger partial charge in [-0.15, -0.1) is 0 Å². The predicted octanol–water partition coefficient (Wildman–Crippen LogP) is 3.95. The summed E-state index contributed by atoms with van der Waals surface area (Å²) in [6.45, 7) is 9.49. The molecule has 2 saturated heterocycles. The molecule has 0 unspecified atom stereocenters. The summed E-state index contributed by atoms with van der Waals surface area (Å²) in [7, 11) is 0. The minimum atomic E-state index is -0.425. The predicted molar refractivity (Wildman–Crippen MR) is 111 cm³/mol. The number of amides is 1. The Bertz CT molecular complexity index is 817. The molecule has 7 nitrogen and oxygen atoms in total. The highest BCUT2D eigenvalue weighted by molar-refractivity contribution is 7.00. The van der Waals surface area contributed by atoms with Crippen molar-refractivity contribution in [2.24, 2.45) is 11.8 Å². The van der Waals surface area contributed by atoms with Gasteiger partial charge < -0.3 is 14.5 Å². The van der Waals surface area contributed by atoms with Gasteiger partial charge in [0, 0.05) is 32.4 Å². The Morgan fingerprint density at radius 1 is 1.07 bits per heavy atom. The second-order valence-electron chi connectivity index (χ2n) is 8.90. The van der Waals surface area contributed by atoms with E-state index in [1.165, 1.54) is 24.6 Å². The van der Waals surface area contributed by atoms with Crippen molar-refractivity contribution in [3.05, 3.63) is 12.3 Å². The van der Waals surface area contributed by atoms with Gasteiger partial charge in [-0.2, -0.15) is 8.75 Å². The van der Waals surface area contributed by atoms with Crippen LogP contribution in [0.1, 0.15) is 46.5 Å². The molecule has 8 heteroatoms. The number of ether oxygens (including phenoxy) is 1. The van der Waals surface area contributed by atoms with Gasteiger partial charge in [-0.3, -0.25) is 0 Å². The topological polar surface area (TPSA) is 71.5 Å². The Kier molecular flexibility index (Phi) is 5.40. The summed E-state index contributed by atoms with van der Waals surface area (Å²) in [5, 5.41) is 0. The fraction of sp³-hybridized carbons (Fsp3) is 0.700. The summed E-state index contributed by atoms with van der Waals surface area (Å²) in [5.41, 5.74) is 2.42. The first-order valence-electron chi connectivity index (χ1n) is 10.2. The lowest BCUT2D eigenvalue weighted by atomic mass is 9.79. The van der Waals surface area contributed by atoms with E-state index in [0.29, 0.717) is 5.92 Å². The first-order chi connectivity index (χ1) is 13.4. The molecule has 1 amide bonds. The summed E-state index contributed by atoms with van der Waals surface area (Å²) >= 11 is 1.23. The Balaban J connectivity index is 1.29. The number of piperidine rings is 2. The molecule has 2 aliphatic rings. The number of fused-ring (bicyclic) bond motifs is 1. The molecule has 0 bridgehead atoms. The van der Waals surface area contributed by atoms with Crippen LogP contribution in [0.15, 0.2) is 12.3 Å². The van der Waals surface area contributed by atoms with Gasteiger partial charge in [-0.25, -0.2) is 9.78 Å². The third-order valence-corrected chi connectivity index (χ3v) is 6.40. The van der Waals surface area contributed by atoms with Gasteiger partial charge in [0.1, 0.15) is 11.1 Å². The lowest BCUT2D eigenvalue weighted by molar-refractivity contribution is 0.0152. The standard InChI is InChI=1S/C20H29N5O2S/c1-20(2,3)27-19(26)25-12-7-15(8-13-25)14-5-10-24(11-6-14)16-4-9-21-18-17(16)22-28-23-18/h4,9,14-15H,5-8,10-13H2,1-3H3. The van der Waals surface area contributed by atoms with E-state index in [-0.39, 0.29) is 6.09 Å². The van der Waals surface area contributed by atoms with Crippen molar-refractivity contribution in [2.45, 2.75) is 52.1 Å². The number of rotatable bonds is 2. The van der Waals surface area contributed by atoms with Gasteiger partial charge in [0.15, 0.2) is 5.65 Å². The molecule has 0 radical (unpaired) electrons. The summed E-state index contributed by atoms with van der Waals surface area (Å²) in [4.78, 5) is 20.9. The molecule has 0 N–H and O–H groups in total. The smallest absolute Gasteiger partial charge is 0.410 e. The summed E-state index contributed by atoms with van der Waals surface area (Å²) in [5.74, 6) is 1.45. The monoisotopic (exact) mass is 403 g/mol. The molecule has 2 aromatic rings. The number of likely N-dealkylation sites (tertiary alicyclic amines) is 1. The van der Waals surface area contributed by atoms with Crippen LogP contribution in [0.3, 0.4) is 0 Å². The number of nitrogens with zero attached hydrogens (tertiary/aromatic N) is 5. The Morgan fingerprint density at radius 2 is 1.71 bits per heavy atom. The number of pyridine rings is 1. The SMILES string of the molecule is CC(C)(C)OC(=O)N1CCC(C2CCN(c3ccnc4nsnc34)CC2)CC1. The highest BCUT2D eigenvalue weighted by atomic mass is 32.1. The van der Waals surface area contributed by atoms with E-state index in [1.54, 1.807) is 0 Å². The van der Waals surface area contributed by atoms with Crippen molar-refractivity contribution in [1.82, 2.24) is 18.6 Å². The average molecular weight is 404 g/mol. The minimum Gasteiger partial charge on any atom is -0.444 e. The van der Waals surface area contributed by atoms with Gasteiger partial charge in [0.25, 0.3) is 0 Å². The largest absolute Gasteiger partial charge is 0.444 e. The maximum absolute atomic E-state index is 12.3. The van der Waals surface area contributed by atoms with E-state index in [0.717, 1.165) is 61.8 Å². The molecule has 4 rings (SSSR count). The first kappa shape index (κ1) is 19.4. The highest BCUT2D eigenvalue weighted by Crippen LogP contribution is 2.35. The van der Waals surface area contributed by atoms with Gasteiger partial charge in [0.05, 0.1) is 17.4 Å². The minimum absolute atomic E-state index is 0.167. The number of hydrogen-bond acceptors (Lipinski definition) is 7. The van der Waals surface area contributed by atoms with Crippen LogP contribution in [0.2, 0.25) is 0 Å². The Morgan fingerprint density at radius 3 is 2.36 bits per heavy atom. The molecule has 4 heterocycles. The molecule has 0 spiro atoms. The van der Waals surface area contributed by atoms with Crippen LogP contribution in [0.4, 0.5) is 10.5 Å². The number of hydrogen-bond donors (Lipinski definition) is 0. The van der Waals surface area contributed by atoms with Crippen LogP contribution in [0.25, 0.3) is 11.2 Å². The van der Waals surface area contributed by atoms with Crippen LogP contribution >= 0.6 is 11.7 Å². The zero-order valence-corrected chi connectivity index (χ0v) is 17.7. The van der Waals surface area contributed by atoms with Crippen molar-refractivity contribution >= 4 is 34.7 Å². The number of carbonyl (C=O) groups excluding carboxylic acids is 1. The Hall–Kier alpha value is -1.96. The van der Waals surface area contributed by atoms with E-state index in [9.17, 15) is 4.79 Å². The normalized spacial score (nSPS) is 20.0. The molecule has 2 aromatic heterocycles. The molecule has 152 valence electrons. The first-order valence-corrected chi connectivity index (χ1v) is 10.9. The summed E-state index contributed by atoms with van der Waals surface area (Å²) in [6, 6.07) is 2.06. The zero-order valence-electron chi connectivity index (χ0n) is 16.9. The third-order valence-electron chi connectivity index (χ3n) is 5.88. The summed E-state index contributed by atoms with van der Waals surface area (Å²) < 4.78 is 14.2. The van der Waals surface area contributed by atoms with Crippen molar-refractivity contribution in [3.63, 3.8) is 0 Å². The zero-order chi connectivity index (χ0) is 19.7. The van der Waals surface area contributed by atoms with E-state index in [4.69, 9.17) is 4.74 Å². The van der Waals surface area contributed by atoms with Gasteiger partial charge in [-0.1, -0.05) is 0 Å². The third kappa shape index (κ3) is 4.21. The maximum Gasteiger partial charge on any atom is 0.410 e. The van der Waals surface area contributed by atoms with Crippen LogP contribution < -0.4 is 4.90 Å². The molecule has 2 aliphatic heterocycles. The Labute approximate surface area is 170 Å². The molecular weight excluding hydrogens is 374 g/mol. The number of carbonyl (C=O) groups is 1. The molecular formula is C20H29N5O2S. The van der Waals surface area contributed by atoms with E-state index in [2.05, 4.69) is 24.7 Å². The number of anilines is 1. The second-order valence-corrected chi connectivity index (χ2v) is 9.42. The van der Waals surface area contributed by atoms with Gasteiger partial charge in [-0.05, 0) is 64.4 Å². The highest BCUT2D eigenvalue weighted by Gasteiger charge is 2.32. The van der Waals surface area contributed by atoms with E-state index < -0.39 is 5.60 Å². The van der Waals surface area contributed by atoms with Crippen LogP contribution in [0.5, 0.6) is 0 Å². The van der Waals surface area contributed by atoms with Crippen LogP contribution in [0, 0.1) is 11.8 Å². The van der Waals surface area contributed by atoms with Crippen molar-refractivity contribution < 1.29 is 9.53 Å². The van der Waals surface area contributed by atoms with Gasteiger partial charge in [0.2, 0.25) is 0 Å². The van der Waals surface area contributed by atoms with Crippen molar-refractivity contribution in [1.29, 1.82) is 0 Å². The molecule has 0 aromatic carbocycles. The quantitative estimate of drug-likeness (QED) is 0.756. The fourth-order valence-corrected chi connectivity index (χ4v) is 4.94. The molecule has 0 saturated carbocycles. The van der Waals surface area contributed by atoms with Crippen LogP contribution in [-0.2, 0) is 4.74 Å². The molecule has 0 atom stereocenters. The molecule has 2 fully saturated rings. The van der Waals surface area contributed by atoms with E-state index >= 15 is 0 Å². The fourth-order valence-electron chi connectivity index (χ4n) is 4.43. The molecule has 28 heavy (non-hydrogen) atoms. The van der Waals surface area contributed by atoms with Crippen LogP contribution in [-0.4, -0.2) is 56.5 Å². The summed E-state index contributed by atoms with van der Waals surface area (Å²) in [6.07, 6.45) is 6.22. The second kappa shape index (κ2) is 7.81. The lowest BCUT2D eigenvalue weighted by Crippen LogP contribution is -2.44. The number of aromatic nitrogens is 3.